The Balaban J connectivity index is 1.55. The fourth-order valence-corrected chi connectivity index (χ4v) is 2.54. The lowest BCUT2D eigenvalue weighted by Gasteiger charge is -2.13. The van der Waals surface area contributed by atoms with Crippen LogP contribution in [-0.2, 0) is 9.59 Å². The van der Waals surface area contributed by atoms with Crippen LogP contribution in [0.5, 0.6) is 17.2 Å². The molecule has 3 rings (SSSR count). The predicted molar refractivity (Wildman–Crippen MR) is 102 cm³/mol. The van der Waals surface area contributed by atoms with Crippen LogP contribution in [0.4, 0.5) is 20.2 Å². The number of amides is 2. The molecular weight excluding hydrogens is 386 g/mol. The Morgan fingerprint density at radius 1 is 1.07 bits per heavy atom. The van der Waals surface area contributed by atoms with Crippen LogP contribution in [0.25, 0.3) is 0 Å². The highest BCUT2D eigenvalue weighted by molar-refractivity contribution is 5.94. The van der Waals surface area contributed by atoms with Crippen molar-refractivity contribution >= 4 is 23.2 Å². The van der Waals surface area contributed by atoms with Gasteiger partial charge in [0.25, 0.3) is 5.91 Å². The number of methoxy groups -OCH3 is 1. The molecule has 0 unspecified atom stereocenters. The molecule has 0 heterocycles. The van der Waals surface area contributed by atoms with Crippen molar-refractivity contribution in [2.24, 2.45) is 5.92 Å². The third kappa shape index (κ3) is 6.06. The number of ether oxygens (including phenoxy) is 3. The van der Waals surface area contributed by atoms with Crippen molar-refractivity contribution in [3.8, 4) is 17.2 Å². The monoisotopic (exact) mass is 406 g/mol. The normalized spacial score (nSPS) is 13.0. The van der Waals surface area contributed by atoms with Crippen molar-refractivity contribution in [2.75, 3.05) is 24.4 Å². The third-order valence-electron chi connectivity index (χ3n) is 4.08. The maximum absolute atomic E-state index is 12.5. The standard InChI is InChI=1S/C20H20F2N2O5/c1-27-16-8-7-14(10-17(16)29-20(21)22)23-18(25)11-28-15-4-2-3-13(9-15)24-19(26)12-5-6-12/h2-4,7-10,12,20H,5-6,11H2,1H3,(H,23,25)(H,24,26). The summed E-state index contributed by atoms with van der Waals surface area (Å²) in [7, 11) is 1.32. The number of carbonyl (C=O) groups excluding carboxylic acids is 2. The zero-order valence-corrected chi connectivity index (χ0v) is 15.6. The van der Waals surface area contributed by atoms with Gasteiger partial charge in [-0.05, 0) is 37.1 Å². The number of benzene rings is 2. The molecule has 0 saturated heterocycles. The Morgan fingerprint density at radius 3 is 2.52 bits per heavy atom. The van der Waals surface area contributed by atoms with Gasteiger partial charge in [-0.1, -0.05) is 6.07 Å². The van der Waals surface area contributed by atoms with E-state index in [0.717, 1.165) is 12.8 Å². The van der Waals surface area contributed by atoms with Gasteiger partial charge < -0.3 is 24.8 Å². The topological polar surface area (TPSA) is 85.9 Å². The zero-order chi connectivity index (χ0) is 20.8. The molecular formula is C20H20F2N2O5. The highest BCUT2D eigenvalue weighted by Gasteiger charge is 2.29. The average Bonchev–Trinajstić information content (AvgIpc) is 3.52. The second-order valence-electron chi connectivity index (χ2n) is 6.37. The number of nitrogens with one attached hydrogen (secondary N) is 2. The molecule has 2 aromatic carbocycles. The molecule has 1 saturated carbocycles. The number of carbonyl (C=O) groups is 2. The van der Waals surface area contributed by atoms with Gasteiger partial charge in [0.1, 0.15) is 5.75 Å². The van der Waals surface area contributed by atoms with Crippen molar-refractivity contribution in [1.29, 1.82) is 0 Å². The van der Waals surface area contributed by atoms with Gasteiger partial charge in [-0.25, -0.2) is 0 Å². The molecule has 0 spiro atoms. The number of halogens is 2. The summed E-state index contributed by atoms with van der Waals surface area (Å²) in [5.74, 6) is -0.115. The van der Waals surface area contributed by atoms with Crippen LogP contribution in [0, 0.1) is 5.92 Å². The molecule has 0 radical (unpaired) electrons. The smallest absolute Gasteiger partial charge is 0.387 e. The van der Waals surface area contributed by atoms with Crippen molar-refractivity contribution in [2.45, 2.75) is 19.5 Å². The van der Waals surface area contributed by atoms with E-state index in [0.29, 0.717) is 11.4 Å². The first-order valence-corrected chi connectivity index (χ1v) is 8.91. The Labute approximate surface area is 165 Å². The second kappa shape index (κ2) is 9.22. The van der Waals surface area contributed by atoms with Gasteiger partial charge in [0.2, 0.25) is 5.91 Å². The average molecular weight is 406 g/mol. The largest absolute Gasteiger partial charge is 0.493 e. The summed E-state index contributed by atoms with van der Waals surface area (Å²) in [5.41, 5.74) is 0.837. The lowest BCUT2D eigenvalue weighted by molar-refractivity contribution is -0.118. The van der Waals surface area contributed by atoms with Crippen LogP contribution in [0.3, 0.4) is 0 Å². The Morgan fingerprint density at radius 2 is 1.83 bits per heavy atom. The van der Waals surface area contributed by atoms with E-state index in [1.807, 2.05) is 0 Å². The Kier molecular flexibility index (Phi) is 6.48. The van der Waals surface area contributed by atoms with Crippen molar-refractivity contribution in [1.82, 2.24) is 0 Å². The van der Waals surface area contributed by atoms with Gasteiger partial charge in [-0.15, -0.1) is 0 Å². The summed E-state index contributed by atoms with van der Waals surface area (Å²) in [4.78, 5) is 23.9. The number of hydrogen-bond acceptors (Lipinski definition) is 5. The molecule has 0 aromatic heterocycles. The van der Waals surface area contributed by atoms with E-state index in [2.05, 4.69) is 15.4 Å². The van der Waals surface area contributed by atoms with Crippen molar-refractivity contribution in [3.05, 3.63) is 42.5 Å². The molecule has 2 N–H and O–H groups in total. The highest BCUT2D eigenvalue weighted by atomic mass is 19.3. The molecule has 2 amide bonds. The molecule has 0 bridgehead atoms. The number of alkyl halides is 2. The lowest BCUT2D eigenvalue weighted by Crippen LogP contribution is -2.20. The fourth-order valence-electron chi connectivity index (χ4n) is 2.54. The van der Waals surface area contributed by atoms with Crippen molar-refractivity contribution < 1.29 is 32.6 Å². The highest BCUT2D eigenvalue weighted by Crippen LogP contribution is 2.32. The van der Waals surface area contributed by atoms with Gasteiger partial charge >= 0.3 is 6.61 Å². The molecule has 7 nitrogen and oxygen atoms in total. The van der Waals surface area contributed by atoms with Crippen molar-refractivity contribution in [3.63, 3.8) is 0 Å². The molecule has 0 atom stereocenters. The molecule has 1 aliphatic rings. The quantitative estimate of drug-likeness (QED) is 0.664. The predicted octanol–water partition coefficient (Wildman–Crippen LogP) is 3.66. The first-order chi connectivity index (χ1) is 13.9. The Hall–Kier alpha value is -3.36. The van der Waals surface area contributed by atoms with E-state index in [9.17, 15) is 18.4 Å². The van der Waals surface area contributed by atoms with E-state index < -0.39 is 12.5 Å². The minimum atomic E-state index is -3.02. The molecule has 1 fully saturated rings. The third-order valence-corrected chi connectivity index (χ3v) is 4.08. The molecule has 0 aliphatic heterocycles. The van der Waals surface area contributed by atoms with Crippen LogP contribution in [0.1, 0.15) is 12.8 Å². The summed E-state index contributed by atoms with van der Waals surface area (Å²) in [6.45, 7) is -3.33. The van der Waals surface area contributed by atoms with Gasteiger partial charge in [-0.3, -0.25) is 9.59 Å². The maximum atomic E-state index is 12.5. The maximum Gasteiger partial charge on any atom is 0.387 e. The second-order valence-corrected chi connectivity index (χ2v) is 6.37. The first-order valence-electron chi connectivity index (χ1n) is 8.91. The van der Waals surface area contributed by atoms with E-state index in [1.165, 1.54) is 25.3 Å². The van der Waals surface area contributed by atoms with Crippen LogP contribution in [0.2, 0.25) is 0 Å². The van der Waals surface area contributed by atoms with Gasteiger partial charge in [-0.2, -0.15) is 8.78 Å². The minimum absolute atomic E-state index is 0.0266. The van der Waals surface area contributed by atoms with E-state index in [-0.39, 0.29) is 35.6 Å². The number of anilines is 2. The SMILES string of the molecule is COc1ccc(NC(=O)COc2cccc(NC(=O)C3CC3)c2)cc1OC(F)F. The van der Waals surface area contributed by atoms with Crippen LogP contribution in [0.15, 0.2) is 42.5 Å². The summed E-state index contributed by atoms with van der Waals surface area (Å²) < 4.78 is 39.7. The fraction of sp³-hybridized carbons (Fsp3) is 0.300. The van der Waals surface area contributed by atoms with E-state index in [1.54, 1.807) is 24.3 Å². The Bertz CT molecular complexity index is 887. The molecule has 154 valence electrons. The molecule has 2 aromatic rings. The number of rotatable bonds is 9. The first kappa shape index (κ1) is 20.4. The van der Waals surface area contributed by atoms with E-state index in [4.69, 9.17) is 9.47 Å². The van der Waals surface area contributed by atoms with Crippen LogP contribution >= 0.6 is 0 Å². The molecule has 1 aliphatic carbocycles. The molecule has 9 heteroatoms. The van der Waals surface area contributed by atoms with Crippen LogP contribution < -0.4 is 24.8 Å². The summed E-state index contributed by atoms with van der Waals surface area (Å²) in [6.07, 6.45) is 1.80. The van der Waals surface area contributed by atoms with Gasteiger partial charge in [0.05, 0.1) is 7.11 Å². The minimum Gasteiger partial charge on any atom is -0.493 e. The van der Waals surface area contributed by atoms with Gasteiger partial charge in [0.15, 0.2) is 18.1 Å². The molecule has 29 heavy (non-hydrogen) atoms. The van der Waals surface area contributed by atoms with Crippen LogP contribution in [-0.4, -0.2) is 32.1 Å². The van der Waals surface area contributed by atoms with Gasteiger partial charge in [0, 0.05) is 29.4 Å². The zero-order valence-electron chi connectivity index (χ0n) is 15.6. The summed E-state index contributed by atoms with van der Waals surface area (Å²) >= 11 is 0. The summed E-state index contributed by atoms with van der Waals surface area (Å²) in [6, 6.07) is 10.8. The number of hydrogen-bond donors (Lipinski definition) is 2. The summed E-state index contributed by atoms with van der Waals surface area (Å²) in [5, 5.41) is 5.33. The lowest BCUT2D eigenvalue weighted by atomic mass is 10.2. The van der Waals surface area contributed by atoms with E-state index >= 15 is 0 Å².